The number of amides is 2. The third-order valence-corrected chi connectivity index (χ3v) is 6.60. The Morgan fingerprint density at radius 2 is 1.63 bits per heavy atom. The highest BCUT2D eigenvalue weighted by Crippen LogP contribution is 2.19. The van der Waals surface area contributed by atoms with Gasteiger partial charge in [0.2, 0.25) is 11.8 Å². The number of carbonyl (C=O) groups excluding carboxylic acids is 2. The topological polar surface area (TPSA) is 56.4 Å². The Hall–Kier alpha value is -4.19. The molecule has 196 valence electrons. The van der Waals surface area contributed by atoms with Crippen LogP contribution < -0.4 is 0 Å². The summed E-state index contributed by atoms with van der Waals surface area (Å²) < 4.78 is 13.5. The van der Waals surface area contributed by atoms with Crippen molar-refractivity contribution >= 4 is 28.8 Å². The van der Waals surface area contributed by atoms with Gasteiger partial charge in [-0.15, -0.1) is 0 Å². The normalized spacial score (nSPS) is 11.2. The standard InChI is InChI=1S/C32H34FN3O2/c1-2-3-20-35(31(37)18-15-25-9-5-4-6-10-25)24-32(38)36(23-26-13-16-28(33)17-14-26)21-19-27-22-34-30-12-8-7-11-29(27)30/h4-18,22,34H,2-3,19-21,23-24H2,1H3. The first-order chi connectivity index (χ1) is 18.5. The molecular formula is C32H34FN3O2. The molecule has 0 unspecified atom stereocenters. The molecule has 0 bridgehead atoms. The Morgan fingerprint density at radius 1 is 0.895 bits per heavy atom. The highest BCUT2D eigenvalue weighted by atomic mass is 19.1. The third-order valence-electron chi connectivity index (χ3n) is 6.60. The quantitative estimate of drug-likeness (QED) is 0.230. The van der Waals surface area contributed by atoms with Gasteiger partial charge in [-0.25, -0.2) is 4.39 Å². The van der Waals surface area contributed by atoms with Crippen LogP contribution in [-0.4, -0.2) is 46.2 Å². The number of unbranched alkanes of at least 4 members (excludes halogenated alkanes) is 1. The first-order valence-electron chi connectivity index (χ1n) is 13.1. The van der Waals surface area contributed by atoms with Gasteiger partial charge in [-0.05, 0) is 53.8 Å². The number of aromatic nitrogens is 1. The number of rotatable bonds is 12. The SMILES string of the molecule is CCCCN(CC(=O)N(CCc1c[nH]c2ccccc12)Cc1ccc(F)cc1)C(=O)C=Cc1ccccc1. The van der Waals surface area contributed by atoms with E-state index in [1.54, 1.807) is 28.0 Å². The molecule has 0 aliphatic carbocycles. The van der Waals surface area contributed by atoms with Crippen molar-refractivity contribution in [1.82, 2.24) is 14.8 Å². The van der Waals surface area contributed by atoms with Crippen LogP contribution in [-0.2, 0) is 22.6 Å². The lowest BCUT2D eigenvalue weighted by molar-refractivity contribution is -0.138. The maximum Gasteiger partial charge on any atom is 0.247 e. The van der Waals surface area contributed by atoms with E-state index in [0.717, 1.165) is 40.4 Å². The summed E-state index contributed by atoms with van der Waals surface area (Å²) in [7, 11) is 0. The molecule has 1 aromatic heterocycles. The van der Waals surface area contributed by atoms with Crippen LogP contribution in [0.25, 0.3) is 17.0 Å². The van der Waals surface area contributed by atoms with E-state index in [9.17, 15) is 14.0 Å². The van der Waals surface area contributed by atoms with Gasteiger partial charge < -0.3 is 14.8 Å². The van der Waals surface area contributed by atoms with Gasteiger partial charge in [0.25, 0.3) is 0 Å². The van der Waals surface area contributed by atoms with Gasteiger partial charge in [0, 0.05) is 42.8 Å². The Labute approximate surface area is 223 Å². The van der Waals surface area contributed by atoms with Crippen LogP contribution >= 0.6 is 0 Å². The van der Waals surface area contributed by atoms with Crippen LogP contribution in [0.1, 0.15) is 36.5 Å². The average Bonchev–Trinajstić information content (AvgIpc) is 3.36. The molecule has 0 saturated carbocycles. The van der Waals surface area contributed by atoms with Gasteiger partial charge in [-0.1, -0.05) is 74.0 Å². The van der Waals surface area contributed by atoms with E-state index >= 15 is 0 Å². The molecule has 5 nitrogen and oxygen atoms in total. The minimum Gasteiger partial charge on any atom is -0.361 e. The number of fused-ring (bicyclic) bond motifs is 1. The smallest absolute Gasteiger partial charge is 0.247 e. The predicted octanol–water partition coefficient (Wildman–Crippen LogP) is 6.22. The average molecular weight is 512 g/mol. The van der Waals surface area contributed by atoms with E-state index < -0.39 is 0 Å². The maximum atomic E-state index is 13.6. The van der Waals surface area contributed by atoms with Crippen LogP contribution in [0.15, 0.2) is 91.1 Å². The van der Waals surface area contributed by atoms with Crippen LogP contribution in [0.5, 0.6) is 0 Å². The first kappa shape index (κ1) is 26.9. The van der Waals surface area contributed by atoms with E-state index in [0.29, 0.717) is 26.1 Å². The van der Waals surface area contributed by atoms with E-state index in [2.05, 4.69) is 18.0 Å². The summed E-state index contributed by atoms with van der Waals surface area (Å²) in [6, 6.07) is 23.9. The van der Waals surface area contributed by atoms with Gasteiger partial charge in [-0.3, -0.25) is 9.59 Å². The van der Waals surface area contributed by atoms with Crippen molar-refractivity contribution in [3.8, 4) is 0 Å². The number of aromatic amines is 1. The molecule has 1 heterocycles. The lowest BCUT2D eigenvalue weighted by Crippen LogP contribution is -2.43. The zero-order valence-corrected chi connectivity index (χ0v) is 21.8. The van der Waals surface area contributed by atoms with E-state index in [1.807, 2.05) is 54.7 Å². The second-order valence-electron chi connectivity index (χ2n) is 9.41. The van der Waals surface area contributed by atoms with Crippen molar-refractivity contribution < 1.29 is 14.0 Å². The van der Waals surface area contributed by atoms with Crippen molar-refractivity contribution in [2.45, 2.75) is 32.7 Å². The molecular weight excluding hydrogens is 477 g/mol. The highest BCUT2D eigenvalue weighted by Gasteiger charge is 2.21. The minimum atomic E-state index is -0.313. The van der Waals surface area contributed by atoms with Crippen molar-refractivity contribution in [3.05, 3.63) is 114 Å². The van der Waals surface area contributed by atoms with Gasteiger partial charge in [0.05, 0.1) is 0 Å². The zero-order valence-electron chi connectivity index (χ0n) is 21.8. The first-order valence-corrected chi connectivity index (χ1v) is 13.1. The molecule has 0 spiro atoms. The van der Waals surface area contributed by atoms with Crippen LogP contribution in [0, 0.1) is 5.82 Å². The molecule has 0 aliphatic rings. The molecule has 38 heavy (non-hydrogen) atoms. The molecule has 0 fully saturated rings. The summed E-state index contributed by atoms with van der Waals surface area (Å²) in [4.78, 5) is 33.4. The summed E-state index contributed by atoms with van der Waals surface area (Å²) >= 11 is 0. The number of para-hydroxylation sites is 1. The number of halogens is 1. The second-order valence-corrected chi connectivity index (χ2v) is 9.41. The number of nitrogens with zero attached hydrogens (tertiary/aromatic N) is 2. The lowest BCUT2D eigenvalue weighted by Gasteiger charge is -2.27. The zero-order chi connectivity index (χ0) is 26.7. The van der Waals surface area contributed by atoms with Gasteiger partial charge >= 0.3 is 0 Å². The third kappa shape index (κ3) is 7.42. The van der Waals surface area contributed by atoms with Gasteiger partial charge in [-0.2, -0.15) is 0 Å². The number of carbonyl (C=O) groups is 2. The molecule has 0 atom stereocenters. The largest absolute Gasteiger partial charge is 0.361 e. The van der Waals surface area contributed by atoms with Crippen molar-refractivity contribution in [2.75, 3.05) is 19.6 Å². The van der Waals surface area contributed by atoms with E-state index in [-0.39, 0.29) is 24.2 Å². The molecule has 6 heteroatoms. The van der Waals surface area contributed by atoms with Gasteiger partial charge in [0.15, 0.2) is 0 Å². The Morgan fingerprint density at radius 3 is 2.39 bits per heavy atom. The van der Waals surface area contributed by atoms with Crippen molar-refractivity contribution in [2.24, 2.45) is 0 Å². The summed E-state index contributed by atoms with van der Waals surface area (Å²) in [6.07, 6.45) is 7.68. The molecule has 2 amide bonds. The van der Waals surface area contributed by atoms with Crippen molar-refractivity contribution in [3.63, 3.8) is 0 Å². The molecule has 0 aliphatic heterocycles. The number of benzene rings is 3. The Balaban J connectivity index is 1.50. The minimum absolute atomic E-state index is 0.00690. The highest BCUT2D eigenvalue weighted by molar-refractivity contribution is 5.94. The summed E-state index contributed by atoms with van der Waals surface area (Å²) in [5.41, 5.74) is 3.95. The number of hydrogen-bond donors (Lipinski definition) is 1. The molecule has 0 radical (unpaired) electrons. The second kappa shape index (κ2) is 13.4. The molecule has 4 aromatic rings. The van der Waals surface area contributed by atoms with E-state index in [1.165, 1.54) is 18.2 Å². The molecule has 0 saturated heterocycles. The van der Waals surface area contributed by atoms with E-state index in [4.69, 9.17) is 0 Å². The Kier molecular flexibility index (Phi) is 9.46. The Bertz CT molecular complexity index is 1360. The molecule has 3 aromatic carbocycles. The number of H-pyrrole nitrogens is 1. The van der Waals surface area contributed by atoms with Crippen LogP contribution in [0.2, 0.25) is 0 Å². The monoisotopic (exact) mass is 511 g/mol. The van der Waals surface area contributed by atoms with Gasteiger partial charge in [0.1, 0.15) is 12.4 Å². The summed E-state index contributed by atoms with van der Waals surface area (Å²) in [6.45, 7) is 3.39. The van der Waals surface area contributed by atoms with Crippen molar-refractivity contribution in [1.29, 1.82) is 0 Å². The molecule has 4 rings (SSSR count). The summed E-state index contributed by atoms with van der Waals surface area (Å²) in [5.74, 6) is -0.632. The summed E-state index contributed by atoms with van der Waals surface area (Å²) in [5, 5.41) is 1.13. The fraction of sp³-hybridized carbons (Fsp3) is 0.250. The van der Waals surface area contributed by atoms with Crippen LogP contribution in [0.4, 0.5) is 4.39 Å². The predicted molar refractivity (Wildman–Crippen MR) is 151 cm³/mol. The lowest BCUT2D eigenvalue weighted by atomic mass is 10.1. The fourth-order valence-electron chi connectivity index (χ4n) is 4.41. The molecule has 1 N–H and O–H groups in total. The fourth-order valence-corrected chi connectivity index (χ4v) is 4.41. The van der Waals surface area contributed by atoms with Crippen LogP contribution in [0.3, 0.4) is 0 Å². The number of nitrogens with one attached hydrogen (secondary N) is 1. The number of hydrogen-bond acceptors (Lipinski definition) is 2. The maximum absolute atomic E-state index is 13.6.